The van der Waals surface area contributed by atoms with Crippen molar-refractivity contribution in [3.63, 3.8) is 0 Å². The number of carbonyl (C=O) groups is 1. The summed E-state index contributed by atoms with van der Waals surface area (Å²) in [5.41, 5.74) is 0.819. The highest BCUT2D eigenvalue weighted by atomic mass is 16.5. The number of pyridine rings is 1. The Morgan fingerprint density at radius 3 is 3.16 bits per heavy atom. The molecule has 0 unspecified atom stereocenters. The van der Waals surface area contributed by atoms with Crippen LogP contribution in [0.1, 0.15) is 15.9 Å². The highest BCUT2D eigenvalue weighted by molar-refractivity contribution is 5.88. The minimum absolute atomic E-state index is 0.172. The number of nitrogens with zero attached hydrogens (tertiary/aromatic N) is 2. The fourth-order valence-corrected chi connectivity index (χ4v) is 1.41. The first-order valence-electron chi connectivity index (χ1n) is 5.59. The lowest BCUT2D eigenvalue weighted by Gasteiger charge is -2.07. The first-order valence-corrected chi connectivity index (χ1v) is 5.59. The van der Waals surface area contributed by atoms with Gasteiger partial charge in [0, 0.05) is 6.20 Å². The summed E-state index contributed by atoms with van der Waals surface area (Å²) < 4.78 is 9.79. The summed E-state index contributed by atoms with van der Waals surface area (Å²) in [4.78, 5) is 15.5. The maximum absolute atomic E-state index is 11.5. The van der Waals surface area contributed by atoms with Crippen molar-refractivity contribution in [3.05, 3.63) is 48.0 Å². The van der Waals surface area contributed by atoms with E-state index in [1.54, 1.807) is 18.3 Å². The van der Waals surface area contributed by atoms with Crippen LogP contribution in [0.4, 0.5) is 5.82 Å². The van der Waals surface area contributed by atoms with Crippen LogP contribution in [0.25, 0.3) is 0 Å². The smallest absolute Gasteiger partial charge is 0.341 e. The van der Waals surface area contributed by atoms with Crippen LogP contribution in [0, 0.1) is 11.3 Å². The summed E-state index contributed by atoms with van der Waals surface area (Å²) in [5, 5.41) is 11.8. The van der Waals surface area contributed by atoms with Crippen molar-refractivity contribution in [2.75, 3.05) is 18.5 Å². The van der Waals surface area contributed by atoms with E-state index in [-0.39, 0.29) is 6.61 Å². The van der Waals surface area contributed by atoms with Gasteiger partial charge in [-0.15, -0.1) is 0 Å². The minimum atomic E-state index is -0.447. The molecule has 2 aromatic rings. The van der Waals surface area contributed by atoms with Crippen molar-refractivity contribution in [2.45, 2.75) is 0 Å². The number of hydrogen-bond donors (Lipinski definition) is 1. The van der Waals surface area contributed by atoms with Crippen molar-refractivity contribution < 1.29 is 13.9 Å². The Morgan fingerprint density at radius 2 is 2.42 bits per heavy atom. The molecule has 0 aliphatic carbocycles. The molecule has 2 heterocycles. The molecule has 6 nitrogen and oxygen atoms in total. The Hall–Kier alpha value is -2.81. The zero-order chi connectivity index (χ0) is 13.5. The number of furan rings is 1. The van der Waals surface area contributed by atoms with Gasteiger partial charge in [0.15, 0.2) is 0 Å². The SMILES string of the molecule is N#Cc1cccnc1NCCOC(=O)c1ccoc1. The second-order valence-corrected chi connectivity index (χ2v) is 3.59. The highest BCUT2D eigenvalue weighted by Gasteiger charge is 2.08. The second kappa shape index (κ2) is 6.21. The third-order valence-corrected chi connectivity index (χ3v) is 2.31. The fraction of sp³-hybridized carbons (Fsp3) is 0.154. The molecule has 0 spiro atoms. The summed E-state index contributed by atoms with van der Waals surface area (Å²) in [7, 11) is 0. The summed E-state index contributed by atoms with van der Waals surface area (Å²) in [6.07, 6.45) is 4.31. The summed E-state index contributed by atoms with van der Waals surface area (Å²) in [6.45, 7) is 0.542. The largest absolute Gasteiger partial charge is 0.472 e. The van der Waals surface area contributed by atoms with Crippen LogP contribution in [0.3, 0.4) is 0 Å². The topological polar surface area (TPSA) is 88.1 Å². The highest BCUT2D eigenvalue weighted by Crippen LogP contribution is 2.09. The number of ether oxygens (including phenoxy) is 1. The molecule has 19 heavy (non-hydrogen) atoms. The first-order chi connectivity index (χ1) is 9.31. The molecule has 96 valence electrons. The Morgan fingerprint density at radius 1 is 1.53 bits per heavy atom. The van der Waals surface area contributed by atoms with Gasteiger partial charge in [-0.25, -0.2) is 9.78 Å². The maximum Gasteiger partial charge on any atom is 0.341 e. The van der Waals surface area contributed by atoms with Crippen LogP contribution in [0.5, 0.6) is 0 Å². The molecule has 2 aromatic heterocycles. The van der Waals surface area contributed by atoms with Crippen molar-refractivity contribution in [1.29, 1.82) is 5.26 Å². The van der Waals surface area contributed by atoms with Gasteiger partial charge < -0.3 is 14.5 Å². The number of aromatic nitrogens is 1. The van der Waals surface area contributed by atoms with E-state index in [4.69, 9.17) is 14.4 Å². The molecule has 0 bridgehead atoms. The van der Waals surface area contributed by atoms with E-state index >= 15 is 0 Å². The lowest BCUT2D eigenvalue weighted by Crippen LogP contribution is -2.14. The number of hydrogen-bond acceptors (Lipinski definition) is 6. The van der Waals surface area contributed by atoms with Gasteiger partial charge in [-0.1, -0.05) is 0 Å². The van der Waals surface area contributed by atoms with Crippen molar-refractivity contribution in [3.8, 4) is 6.07 Å². The van der Waals surface area contributed by atoms with E-state index in [9.17, 15) is 4.79 Å². The van der Waals surface area contributed by atoms with E-state index in [1.807, 2.05) is 6.07 Å². The number of nitriles is 1. The number of esters is 1. The molecule has 0 aromatic carbocycles. The Bertz CT molecular complexity index is 587. The Balaban J connectivity index is 1.78. The molecule has 0 amide bonds. The molecule has 0 aliphatic rings. The molecule has 1 N–H and O–H groups in total. The zero-order valence-electron chi connectivity index (χ0n) is 10.00. The van der Waals surface area contributed by atoms with E-state index < -0.39 is 5.97 Å². The van der Waals surface area contributed by atoms with Crippen molar-refractivity contribution >= 4 is 11.8 Å². The van der Waals surface area contributed by atoms with Gasteiger partial charge in [-0.05, 0) is 18.2 Å². The Kier molecular flexibility index (Phi) is 4.13. The van der Waals surface area contributed by atoms with Gasteiger partial charge >= 0.3 is 5.97 Å². The van der Waals surface area contributed by atoms with Gasteiger partial charge in [0.25, 0.3) is 0 Å². The van der Waals surface area contributed by atoms with Crippen LogP contribution in [0.15, 0.2) is 41.3 Å². The molecule has 0 fully saturated rings. The van der Waals surface area contributed by atoms with E-state index in [2.05, 4.69) is 10.3 Å². The third kappa shape index (κ3) is 3.33. The number of anilines is 1. The Labute approximate surface area is 109 Å². The molecular weight excluding hydrogens is 246 g/mol. The molecule has 0 saturated carbocycles. The summed E-state index contributed by atoms with van der Waals surface area (Å²) in [6, 6.07) is 6.90. The number of nitrogens with one attached hydrogen (secondary N) is 1. The predicted octanol–water partition coefficient (Wildman–Crippen LogP) is 1.82. The molecule has 0 aliphatic heterocycles. The van der Waals surface area contributed by atoms with Gasteiger partial charge in [0.1, 0.15) is 24.8 Å². The average Bonchev–Trinajstić information content (AvgIpc) is 2.98. The van der Waals surface area contributed by atoms with Crippen LogP contribution in [-0.2, 0) is 4.74 Å². The lowest BCUT2D eigenvalue weighted by molar-refractivity contribution is 0.0520. The van der Waals surface area contributed by atoms with Crippen LogP contribution >= 0.6 is 0 Å². The second-order valence-electron chi connectivity index (χ2n) is 3.59. The summed E-state index contributed by atoms with van der Waals surface area (Å²) in [5.74, 6) is 0.0291. The number of carbonyl (C=O) groups excluding carboxylic acids is 1. The molecule has 0 saturated heterocycles. The maximum atomic E-state index is 11.5. The predicted molar refractivity (Wildman–Crippen MR) is 66.4 cm³/mol. The first kappa shape index (κ1) is 12.6. The molecule has 6 heteroatoms. The normalized spacial score (nSPS) is 9.63. The number of rotatable bonds is 5. The van der Waals surface area contributed by atoms with Crippen LogP contribution in [-0.4, -0.2) is 24.1 Å². The van der Waals surface area contributed by atoms with E-state index in [0.717, 1.165) is 0 Å². The van der Waals surface area contributed by atoms with Gasteiger partial charge in [-0.2, -0.15) is 5.26 Å². The summed E-state index contributed by atoms with van der Waals surface area (Å²) >= 11 is 0. The van der Waals surface area contributed by atoms with Gasteiger partial charge in [0.05, 0.1) is 23.9 Å². The van der Waals surface area contributed by atoms with E-state index in [0.29, 0.717) is 23.5 Å². The van der Waals surface area contributed by atoms with Crippen LogP contribution < -0.4 is 5.32 Å². The fourth-order valence-electron chi connectivity index (χ4n) is 1.41. The minimum Gasteiger partial charge on any atom is -0.472 e. The average molecular weight is 257 g/mol. The van der Waals surface area contributed by atoms with Crippen molar-refractivity contribution in [1.82, 2.24) is 4.98 Å². The zero-order valence-corrected chi connectivity index (χ0v) is 10.00. The quantitative estimate of drug-likeness (QED) is 0.649. The van der Waals surface area contributed by atoms with E-state index in [1.165, 1.54) is 18.6 Å². The standard InChI is InChI=1S/C13H11N3O3/c14-8-10-2-1-4-15-12(10)16-5-7-19-13(17)11-3-6-18-9-11/h1-4,6,9H,5,7H2,(H,15,16). The molecule has 0 atom stereocenters. The molecule has 2 rings (SSSR count). The molecule has 0 radical (unpaired) electrons. The van der Waals surface area contributed by atoms with Gasteiger partial charge in [0.2, 0.25) is 0 Å². The van der Waals surface area contributed by atoms with Crippen LogP contribution in [0.2, 0.25) is 0 Å². The molecular formula is C13H11N3O3. The lowest BCUT2D eigenvalue weighted by atomic mass is 10.3. The van der Waals surface area contributed by atoms with Gasteiger partial charge in [-0.3, -0.25) is 0 Å². The monoisotopic (exact) mass is 257 g/mol. The van der Waals surface area contributed by atoms with Crippen molar-refractivity contribution in [2.24, 2.45) is 0 Å². The third-order valence-electron chi connectivity index (χ3n) is 2.31.